The van der Waals surface area contributed by atoms with Gasteiger partial charge in [-0.15, -0.1) is 0 Å². The summed E-state index contributed by atoms with van der Waals surface area (Å²) >= 11 is 6.23. The van der Waals surface area contributed by atoms with Gasteiger partial charge in [0.1, 0.15) is 5.82 Å². The van der Waals surface area contributed by atoms with Crippen LogP contribution in [0.5, 0.6) is 0 Å². The van der Waals surface area contributed by atoms with Gasteiger partial charge in [0.25, 0.3) is 0 Å². The summed E-state index contributed by atoms with van der Waals surface area (Å²) in [5.74, 6) is 0.850. The lowest BCUT2D eigenvalue weighted by Gasteiger charge is -2.19. The first kappa shape index (κ1) is 23.4. The van der Waals surface area contributed by atoms with Crippen LogP contribution in [0.1, 0.15) is 62.1 Å². The van der Waals surface area contributed by atoms with Gasteiger partial charge in [-0.05, 0) is 55.0 Å². The maximum atomic E-state index is 11.4. The Balaban J connectivity index is 1.98. The molecule has 6 heteroatoms. The van der Waals surface area contributed by atoms with Crippen LogP contribution in [-0.2, 0) is 6.42 Å². The van der Waals surface area contributed by atoms with Crippen molar-refractivity contribution in [2.24, 2.45) is 5.92 Å². The molecule has 1 unspecified atom stereocenters. The molecule has 1 N–H and O–H groups in total. The van der Waals surface area contributed by atoms with Crippen LogP contribution in [0.3, 0.4) is 0 Å². The molecule has 0 radical (unpaired) electrons. The smallest absolute Gasteiger partial charge is 0.224 e. The van der Waals surface area contributed by atoms with E-state index in [0.717, 1.165) is 52.7 Å². The molecule has 1 atom stereocenters. The summed E-state index contributed by atoms with van der Waals surface area (Å²) in [6.45, 7) is 10.5. The van der Waals surface area contributed by atoms with Gasteiger partial charge in [0.2, 0.25) is 5.28 Å². The van der Waals surface area contributed by atoms with Crippen molar-refractivity contribution in [3.8, 4) is 17.1 Å². The molecule has 1 aromatic carbocycles. The average Bonchev–Trinajstić information content (AvgIpc) is 3.18. The van der Waals surface area contributed by atoms with Crippen molar-refractivity contribution in [2.75, 3.05) is 0 Å². The Morgan fingerprint density at radius 3 is 2.36 bits per heavy atom. The van der Waals surface area contributed by atoms with E-state index < -0.39 is 6.10 Å². The first-order chi connectivity index (χ1) is 15.9. The fourth-order valence-corrected chi connectivity index (χ4v) is 4.87. The molecule has 3 aromatic heterocycles. The van der Waals surface area contributed by atoms with Crippen LogP contribution in [0.25, 0.3) is 28.0 Å². The van der Waals surface area contributed by atoms with Gasteiger partial charge < -0.3 is 5.11 Å². The van der Waals surface area contributed by atoms with Crippen LogP contribution >= 0.6 is 11.6 Å². The molecule has 0 amide bonds. The van der Waals surface area contributed by atoms with E-state index in [-0.39, 0.29) is 11.2 Å². The summed E-state index contributed by atoms with van der Waals surface area (Å²) in [6.07, 6.45) is 5.84. The third-order valence-corrected chi connectivity index (χ3v) is 6.79. The number of nitrogens with zero attached hydrogens (tertiary/aromatic N) is 4. The van der Waals surface area contributed by atoms with Gasteiger partial charge in [-0.1, -0.05) is 51.8 Å². The van der Waals surface area contributed by atoms with E-state index in [9.17, 15) is 5.11 Å². The SMILES string of the molecule is CCc1cc(-n2cc(C(O)C(CC)CC)c3cc(-c4c(C)cccc4C)ncc32)nc(Cl)n1. The fourth-order valence-electron chi connectivity index (χ4n) is 4.68. The summed E-state index contributed by atoms with van der Waals surface area (Å²) in [5, 5.41) is 12.6. The Morgan fingerprint density at radius 1 is 1.03 bits per heavy atom. The van der Waals surface area contributed by atoms with Crippen LogP contribution < -0.4 is 0 Å². The molecule has 172 valence electrons. The molecule has 4 rings (SSSR count). The van der Waals surface area contributed by atoms with E-state index in [1.807, 2.05) is 30.0 Å². The van der Waals surface area contributed by atoms with Crippen molar-refractivity contribution < 1.29 is 5.11 Å². The summed E-state index contributed by atoms with van der Waals surface area (Å²) in [5.41, 5.74) is 7.05. The number of hydrogen-bond acceptors (Lipinski definition) is 4. The van der Waals surface area contributed by atoms with E-state index in [0.29, 0.717) is 5.82 Å². The second-order valence-corrected chi connectivity index (χ2v) is 9.01. The monoisotopic (exact) mass is 462 g/mol. The minimum Gasteiger partial charge on any atom is -0.388 e. The lowest BCUT2D eigenvalue weighted by Crippen LogP contribution is -2.10. The van der Waals surface area contributed by atoms with Gasteiger partial charge in [-0.2, -0.15) is 4.98 Å². The zero-order chi connectivity index (χ0) is 23.7. The molecule has 0 saturated carbocycles. The summed E-state index contributed by atoms with van der Waals surface area (Å²) in [7, 11) is 0. The highest BCUT2D eigenvalue weighted by atomic mass is 35.5. The number of aliphatic hydroxyl groups is 1. The van der Waals surface area contributed by atoms with Gasteiger partial charge in [-0.3, -0.25) is 9.55 Å². The highest BCUT2D eigenvalue weighted by Crippen LogP contribution is 2.37. The van der Waals surface area contributed by atoms with Gasteiger partial charge >= 0.3 is 0 Å². The second kappa shape index (κ2) is 9.62. The predicted molar refractivity (Wildman–Crippen MR) is 135 cm³/mol. The third-order valence-electron chi connectivity index (χ3n) is 6.62. The minimum absolute atomic E-state index is 0.168. The molecule has 0 fully saturated rings. The van der Waals surface area contributed by atoms with E-state index in [2.05, 4.69) is 61.9 Å². The highest BCUT2D eigenvalue weighted by Gasteiger charge is 2.24. The Bertz CT molecular complexity index is 1270. The quantitative estimate of drug-likeness (QED) is 0.307. The van der Waals surface area contributed by atoms with Gasteiger partial charge in [0, 0.05) is 34.5 Å². The van der Waals surface area contributed by atoms with Crippen LogP contribution in [0.15, 0.2) is 42.7 Å². The van der Waals surface area contributed by atoms with Gasteiger partial charge in [0.15, 0.2) is 0 Å². The Kier molecular flexibility index (Phi) is 6.82. The number of pyridine rings is 1. The summed E-state index contributed by atoms with van der Waals surface area (Å²) in [6, 6.07) is 10.3. The van der Waals surface area contributed by atoms with Crippen LogP contribution in [-0.4, -0.2) is 24.6 Å². The van der Waals surface area contributed by atoms with Crippen LogP contribution in [0.2, 0.25) is 5.28 Å². The molecular weight excluding hydrogens is 432 g/mol. The van der Waals surface area contributed by atoms with E-state index in [1.54, 1.807) is 0 Å². The number of halogens is 1. The molecule has 5 nitrogen and oxygen atoms in total. The van der Waals surface area contributed by atoms with Gasteiger partial charge in [-0.25, -0.2) is 4.98 Å². The van der Waals surface area contributed by atoms with Crippen molar-refractivity contribution in [3.05, 3.63) is 70.4 Å². The van der Waals surface area contributed by atoms with E-state index >= 15 is 0 Å². The minimum atomic E-state index is -0.583. The van der Waals surface area contributed by atoms with Crippen LogP contribution in [0.4, 0.5) is 0 Å². The number of aromatic nitrogens is 4. The maximum Gasteiger partial charge on any atom is 0.224 e. The lowest BCUT2D eigenvalue weighted by molar-refractivity contribution is 0.104. The predicted octanol–water partition coefficient (Wildman–Crippen LogP) is 6.78. The largest absolute Gasteiger partial charge is 0.388 e. The number of fused-ring (bicyclic) bond motifs is 1. The van der Waals surface area contributed by atoms with Crippen molar-refractivity contribution >= 4 is 22.5 Å². The summed E-state index contributed by atoms with van der Waals surface area (Å²) in [4.78, 5) is 13.6. The fraction of sp³-hybridized carbons (Fsp3) is 0.370. The molecule has 0 aliphatic carbocycles. The van der Waals surface area contributed by atoms with Gasteiger partial charge in [0.05, 0.1) is 23.5 Å². The maximum absolute atomic E-state index is 11.4. The average molecular weight is 463 g/mol. The van der Waals surface area contributed by atoms with Crippen LogP contribution in [0, 0.1) is 19.8 Å². The highest BCUT2D eigenvalue weighted by molar-refractivity contribution is 6.28. The third kappa shape index (κ3) is 4.40. The Labute approximate surface area is 200 Å². The molecule has 0 saturated heterocycles. The normalized spacial score (nSPS) is 12.6. The zero-order valence-electron chi connectivity index (χ0n) is 19.9. The van der Waals surface area contributed by atoms with Crippen molar-refractivity contribution in [2.45, 2.75) is 60.0 Å². The zero-order valence-corrected chi connectivity index (χ0v) is 20.7. The molecule has 0 bridgehead atoms. The lowest BCUT2D eigenvalue weighted by atomic mass is 9.91. The number of hydrogen-bond donors (Lipinski definition) is 1. The number of rotatable bonds is 7. The Hall–Kier alpha value is -2.76. The van der Waals surface area contributed by atoms with Crippen molar-refractivity contribution in [3.63, 3.8) is 0 Å². The molecule has 0 aliphatic rings. The molecule has 3 heterocycles. The standard InChI is InChI=1S/C27H31ClN4O/c1-6-18(7-2)26(33)21-15-32(24-12-19(8-3)30-27(28)31-24)23-14-29-22(13-20(21)23)25-16(4)10-9-11-17(25)5/h9-15,18,26,33H,6-8H2,1-5H3. The molecular formula is C27H31ClN4O. The first-order valence-corrected chi connectivity index (χ1v) is 12.0. The molecule has 0 spiro atoms. The second-order valence-electron chi connectivity index (χ2n) is 8.67. The topological polar surface area (TPSA) is 63.8 Å². The van der Waals surface area contributed by atoms with E-state index in [1.165, 1.54) is 11.1 Å². The van der Waals surface area contributed by atoms with Crippen molar-refractivity contribution in [1.29, 1.82) is 0 Å². The number of aliphatic hydroxyl groups excluding tert-OH is 1. The number of aryl methyl sites for hydroxylation is 3. The molecule has 33 heavy (non-hydrogen) atoms. The molecule has 4 aromatic rings. The first-order valence-electron chi connectivity index (χ1n) is 11.7. The van der Waals surface area contributed by atoms with E-state index in [4.69, 9.17) is 16.6 Å². The summed E-state index contributed by atoms with van der Waals surface area (Å²) < 4.78 is 1.98. The number of benzene rings is 1. The van der Waals surface area contributed by atoms with Crippen molar-refractivity contribution in [1.82, 2.24) is 19.5 Å². The Morgan fingerprint density at radius 2 is 1.73 bits per heavy atom. The molecule has 0 aliphatic heterocycles.